The first-order valence-corrected chi connectivity index (χ1v) is 11.2. The molecule has 0 bridgehead atoms. The highest BCUT2D eigenvalue weighted by Gasteiger charge is 2.28. The number of hydrogen-bond acceptors (Lipinski definition) is 10. The van der Waals surface area contributed by atoms with Crippen molar-refractivity contribution in [3.05, 3.63) is 23.8 Å². The van der Waals surface area contributed by atoms with Crippen molar-refractivity contribution in [1.29, 1.82) is 0 Å². The minimum atomic E-state index is -0.761. The smallest absolute Gasteiger partial charge is 0.324 e. The van der Waals surface area contributed by atoms with Crippen LogP contribution < -0.4 is 34.5 Å². The number of nitrogens with zero attached hydrogens (tertiary/aromatic N) is 4. The van der Waals surface area contributed by atoms with Gasteiger partial charge < -0.3 is 34.5 Å². The van der Waals surface area contributed by atoms with Gasteiger partial charge in [-0.05, 0) is 31.0 Å². The van der Waals surface area contributed by atoms with Crippen molar-refractivity contribution >= 4 is 17.8 Å². The normalized spacial score (nSPS) is 14.6. The molecule has 2 amide bonds. The highest BCUT2D eigenvalue weighted by atomic mass is 16.5. The lowest BCUT2D eigenvalue weighted by Gasteiger charge is -2.33. The lowest BCUT2D eigenvalue weighted by Crippen LogP contribution is -2.52. The van der Waals surface area contributed by atoms with Gasteiger partial charge in [-0.1, -0.05) is 0 Å². The average molecular weight is 489 g/mol. The van der Waals surface area contributed by atoms with Crippen LogP contribution in [0.2, 0.25) is 0 Å². The van der Waals surface area contributed by atoms with Gasteiger partial charge in [-0.2, -0.15) is 9.97 Å². The Bertz CT molecular complexity index is 1010. The molecular weight excluding hydrogens is 456 g/mol. The molecule has 1 fully saturated rings. The zero-order chi connectivity index (χ0) is 25.4. The monoisotopic (exact) mass is 488 g/mol. The molecule has 1 atom stereocenters. The van der Waals surface area contributed by atoms with Crippen molar-refractivity contribution in [3.63, 3.8) is 0 Å². The predicted molar refractivity (Wildman–Crippen MR) is 127 cm³/mol. The number of piperidine rings is 1. The molecule has 2 heterocycles. The number of carbonyl (C=O) groups excluding carboxylic acids is 2. The zero-order valence-corrected chi connectivity index (χ0v) is 20.7. The first kappa shape index (κ1) is 25.8. The van der Waals surface area contributed by atoms with Crippen LogP contribution in [-0.4, -0.2) is 80.4 Å². The number of methoxy groups -OCH3 is 4. The van der Waals surface area contributed by atoms with Gasteiger partial charge in [-0.25, -0.2) is 0 Å². The van der Waals surface area contributed by atoms with Gasteiger partial charge in [0.15, 0.2) is 0 Å². The number of carbonyl (C=O) groups is 2. The van der Waals surface area contributed by atoms with Gasteiger partial charge in [0.2, 0.25) is 17.8 Å². The quantitative estimate of drug-likeness (QED) is 0.493. The summed E-state index contributed by atoms with van der Waals surface area (Å²) in [5, 5.41) is 5.83. The van der Waals surface area contributed by atoms with Crippen LogP contribution in [0.15, 0.2) is 18.2 Å². The molecule has 1 aromatic carbocycles. The van der Waals surface area contributed by atoms with Gasteiger partial charge in [0, 0.05) is 38.0 Å². The van der Waals surface area contributed by atoms with Gasteiger partial charge in [-0.15, -0.1) is 4.98 Å². The number of nitrogens with one attached hydrogen (secondary N) is 2. The molecule has 1 aromatic heterocycles. The summed E-state index contributed by atoms with van der Waals surface area (Å²) < 4.78 is 21.0. The second-order valence-corrected chi connectivity index (χ2v) is 8.01. The molecule has 3 rings (SSSR count). The summed E-state index contributed by atoms with van der Waals surface area (Å²) in [4.78, 5) is 39.6. The minimum Gasteiger partial charge on any atom is -0.497 e. The number of anilines is 1. The molecule has 0 saturated carbocycles. The lowest BCUT2D eigenvalue weighted by atomic mass is 10.0. The molecule has 1 saturated heterocycles. The maximum atomic E-state index is 13.1. The fraction of sp³-hybridized carbons (Fsp3) is 0.522. The predicted octanol–water partition coefficient (Wildman–Crippen LogP) is 0.738. The van der Waals surface area contributed by atoms with E-state index in [1.54, 1.807) is 32.4 Å². The molecule has 2 aromatic rings. The summed E-state index contributed by atoms with van der Waals surface area (Å²) >= 11 is 0. The molecule has 12 heteroatoms. The van der Waals surface area contributed by atoms with Crippen LogP contribution in [0.4, 0.5) is 5.95 Å². The van der Waals surface area contributed by atoms with Crippen LogP contribution in [0.3, 0.4) is 0 Å². The lowest BCUT2D eigenvalue weighted by molar-refractivity contribution is -0.128. The number of ether oxygens (including phenoxy) is 4. The number of hydrogen-bond donors (Lipinski definition) is 2. The van der Waals surface area contributed by atoms with Crippen LogP contribution in [0.5, 0.6) is 23.5 Å². The Hall–Kier alpha value is -3.83. The molecule has 12 nitrogen and oxygen atoms in total. The zero-order valence-electron chi connectivity index (χ0n) is 20.7. The van der Waals surface area contributed by atoms with Crippen molar-refractivity contribution < 1.29 is 28.5 Å². The van der Waals surface area contributed by atoms with Crippen molar-refractivity contribution in [2.75, 3.05) is 46.4 Å². The van der Waals surface area contributed by atoms with Crippen molar-refractivity contribution in [2.24, 2.45) is 0 Å². The largest absolute Gasteiger partial charge is 0.497 e. The first-order chi connectivity index (χ1) is 16.9. The van der Waals surface area contributed by atoms with E-state index >= 15 is 0 Å². The van der Waals surface area contributed by atoms with E-state index in [4.69, 9.17) is 18.9 Å². The molecular formula is C23H32N6O6. The highest BCUT2D eigenvalue weighted by molar-refractivity contribution is 5.87. The van der Waals surface area contributed by atoms with Gasteiger partial charge >= 0.3 is 12.0 Å². The first-order valence-electron chi connectivity index (χ1n) is 11.2. The Balaban J connectivity index is 1.65. The molecule has 190 valence electrons. The Kier molecular flexibility index (Phi) is 8.87. The average Bonchev–Trinajstić information content (AvgIpc) is 2.87. The summed E-state index contributed by atoms with van der Waals surface area (Å²) in [6.45, 7) is 2.63. The number of aromatic nitrogens is 3. The van der Waals surface area contributed by atoms with E-state index in [0.29, 0.717) is 43.4 Å². The third kappa shape index (κ3) is 6.84. The summed E-state index contributed by atoms with van der Waals surface area (Å²) in [7, 11) is 6.09. The Morgan fingerprint density at radius 3 is 2.20 bits per heavy atom. The second-order valence-electron chi connectivity index (χ2n) is 8.01. The molecule has 0 spiro atoms. The van der Waals surface area contributed by atoms with Crippen LogP contribution in [0.1, 0.15) is 25.3 Å². The molecule has 2 N–H and O–H groups in total. The van der Waals surface area contributed by atoms with E-state index in [1.165, 1.54) is 21.1 Å². The van der Waals surface area contributed by atoms with E-state index in [2.05, 4.69) is 25.6 Å². The Morgan fingerprint density at radius 1 is 1.00 bits per heavy atom. The third-order valence-corrected chi connectivity index (χ3v) is 5.68. The minimum absolute atomic E-state index is 0.0622. The third-order valence-electron chi connectivity index (χ3n) is 5.68. The summed E-state index contributed by atoms with van der Waals surface area (Å²) in [6.07, 6.45) is 1.61. The fourth-order valence-electron chi connectivity index (χ4n) is 3.89. The molecule has 0 radical (unpaired) electrons. The Labute approximate surface area is 204 Å². The molecule has 0 aliphatic carbocycles. The van der Waals surface area contributed by atoms with E-state index in [0.717, 1.165) is 5.56 Å². The van der Waals surface area contributed by atoms with Crippen molar-refractivity contribution in [2.45, 2.75) is 38.3 Å². The van der Waals surface area contributed by atoms with Gasteiger partial charge in [0.05, 0.1) is 28.4 Å². The molecule has 1 aliphatic heterocycles. The Morgan fingerprint density at radius 2 is 1.66 bits per heavy atom. The van der Waals surface area contributed by atoms with Gasteiger partial charge in [0.25, 0.3) is 0 Å². The van der Waals surface area contributed by atoms with E-state index in [9.17, 15) is 9.59 Å². The van der Waals surface area contributed by atoms with Crippen LogP contribution in [0.25, 0.3) is 0 Å². The number of rotatable bonds is 10. The maximum Gasteiger partial charge on any atom is 0.324 e. The fourth-order valence-corrected chi connectivity index (χ4v) is 3.89. The molecule has 0 unspecified atom stereocenters. The van der Waals surface area contributed by atoms with E-state index < -0.39 is 6.04 Å². The van der Waals surface area contributed by atoms with E-state index in [-0.39, 0.29) is 36.3 Å². The molecule has 35 heavy (non-hydrogen) atoms. The standard InChI is InChI=1S/C23H32N6O6/c1-14(30)24-18(13-15-12-17(32-2)6-7-19(15)33-3)20(31)25-16-8-10-29(11-9-16)21-26-22(34-4)28-23(27-21)35-5/h6-7,12,16,18H,8-11,13H2,1-5H3,(H,24,30)(H,25,31)/t18-/m0/s1. The SMILES string of the molecule is COc1ccc(OC)c(C[C@H](NC(C)=O)C(=O)NC2CCN(c3nc(OC)nc(OC)n3)CC2)c1. The topological polar surface area (TPSA) is 137 Å². The summed E-state index contributed by atoms with van der Waals surface area (Å²) in [5.74, 6) is 1.17. The van der Waals surface area contributed by atoms with Crippen LogP contribution in [0, 0.1) is 0 Å². The van der Waals surface area contributed by atoms with Crippen LogP contribution >= 0.6 is 0 Å². The van der Waals surface area contributed by atoms with Gasteiger partial charge in [-0.3, -0.25) is 9.59 Å². The number of amides is 2. The maximum absolute atomic E-state index is 13.1. The molecule has 1 aliphatic rings. The van der Waals surface area contributed by atoms with Crippen molar-refractivity contribution in [3.8, 4) is 23.5 Å². The second kappa shape index (κ2) is 12.0. The number of benzene rings is 1. The summed E-state index contributed by atoms with van der Waals surface area (Å²) in [6, 6.07) is 4.88. The highest BCUT2D eigenvalue weighted by Crippen LogP contribution is 2.25. The van der Waals surface area contributed by atoms with Gasteiger partial charge in [0.1, 0.15) is 17.5 Å². The van der Waals surface area contributed by atoms with Crippen LogP contribution in [-0.2, 0) is 16.0 Å². The van der Waals surface area contributed by atoms with Crippen molar-refractivity contribution in [1.82, 2.24) is 25.6 Å². The summed E-state index contributed by atoms with van der Waals surface area (Å²) in [5.41, 5.74) is 0.758. The van der Waals surface area contributed by atoms with E-state index in [1.807, 2.05) is 4.90 Å².